The summed E-state index contributed by atoms with van der Waals surface area (Å²) < 4.78 is 5.58. The van der Waals surface area contributed by atoms with Gasteiger partial charge < -0.3 is 20.5 Å². The summed E-state index contributed by atoms with van der Waals surface area (Å²) in [6.45, 7) is 6.22. The van der Waals surface area contributed by atoms with Crippen molar-refractivity contribution in [2.75, 3.05) is 13.2 Å². The number of nitrogens with one attached hydrogen (secondary N) is 2. The highest BCUT2D eigenvalue weighted by Gasteiger charge is 2.29. The normalized spacial score (nSPS) is 13.5. The van der Waals surface area contributed by atoms with E-state index in [2.05, 4.69) is 41.8 Å². The molecule has 7 heteroatoms. The lowest BCUT2D eigenvalue weighted by Gasteiger charge is -2.25. The molecule has 35 heavy (non-hydrogen) atoms. The third-order valence-electron chi connectivity index (χ3n) is 6.59. The number of carboxylic acid groups (broad SMARTS) is 1. The predicted molar refractivity (Wildman–Crippen MR) is 135 cm³/mol. The van der Waals surface area contributed by atoms with Crippen molar-refractivity contribution in [3.05, 3.63) is 59.7 Å². The van der Waals surface area contributed by atoms with Gasteiger partial charge in [0.05, 0.1) is 6.42 Å². The average molecular weight is 481 g/mol. The molecule has 0 aromatic heterocycles. The topological polar surface area (TPSA) is 105 Å². The van der Waals surface area contributed by atoms with Crippen LogP contribution in [0.5, 0.6) is 0 Å². The molecule has 0 heterocycles. The maximum Gasteiger partial charge on any atom is 0.407 e. The zero-order valence-corrected chi connectivity index (χ0v) is 20.8. The number of ether oxygens (including phenoxy) is 1. The van der Waals surface area contributed by atoms with Crippen molar-refractivity contribution in [3.8, 4) is 11.1 Å². The Balaban J connectivity index is 1.41. The Labute approximate surface area is 207 Å². The van der Waals surface area contributed by atoms with E-state index >= 15 is 0 Å². The second-order valence-electron chi connectivity index (χ2n) is 9.86. The van der Waals surface area contributed by atoms with Gasteiger partial charge in [-0.1, -0.05) is 61.9 Å². The highest BCUT2D eigenvalue weighted by molar-refractivity contribution is 5.79. The largest absolute Gasteiger partial charge is 0.481 e. The highest BCUT2D eigenvalue weighted by atomic mass is 16.5. The zero-order chi connectivity index (χ0) is 25.4. The molecule has 0 fully saturated rings. The molecule has 1 aliphatic rings. The van der Waals surface area contributed by atoms with Crippen molar-refractivity contribution in [1.29, 1.82) is 0 Å². The number of carbonyl (C=O) groups excluding carboxylic acids is 2. The molecule has 2 aromatic rings. The van der Waals surface area contributed by atoms with Gasteiger partial charge in [0.1, 0.15) is 6.61 Å². The first-order valence-electron chi connectivity index (χ1n) is 12.3. The van der Waals surface area contributed by atoms with Crippen LogP contribution in [0.3, 0.4) is 0 Å². The average Bonchev–Trinajstić information content (AvgIpc) is 3.12. The van der Waals surface area contributed by atoms with Gasteiger partial charge in [0.2, 0.25) is 5.91 Å². The summed E-state index contributed by atoms with van der Waals surface area (Å²) >= 11 is 0. The van der Waals surface area contributed by atoms with Crippen LogP contribution in [-0.2, 0) is 14.3 Å². The fourth-order valence-corrected chi connectivity index (χ4v) is 4.78. The third-order valence-corrected chi connectivity index (χ3v) is 6.59. The molecule has 0 aliphatic heterocycles. The number of hydrogen-bond acceptors (Lipinski definition) is 4. The Morgan fingerprint density at radius 3 is 2.17 bits per heavy atom. The summed E-state index contributed by atoms with van der Waals surface area (Å²) in [5.41, 5.74) is 3.96. The SMILES string of the molecule is CCC(CCNC(=O)OCC1c2ccccc2-c2ccccc21)CCC(=O)NC(C)(C)CC(=O)O. The Hall–Kier alpha value is -3.35. The molecule has 1 atom stereocenters. The van der Waals surface area contributed by atoms with Crippen molar-refractivity contribution in [2.24, 2.45) is 5.92 Å². The van der Waals surface area contributed by atoms with Crippen LogP contribution in [0, 0.1) is 5.92 Å². The minimum atomic E-state index is -0.943. The first-order chi connectivity index (χ1) is 16.7. The lowest BCUT2D eigenvalue weighted by atomic mass is 9.95. The fraction of sp³-hybridized carbons (Fsp3) is 0.464. The number of alkyl carbamates (subject to hydrolysis) is 1. The van der Waals surface area contributed by atoms with E-state index in [9.17, 15) is 14.4 Å². The molecule has 7 nitrogen and oxygen atoms in total. The van der Waals surface area contributed by atoms with Gasteiger partial charge in [-0.2, -0.15) is 0 Å². The first kappa shape index (κ1) is 26.3. The number of carbonyl (C=O) groups is 3. The van der Waals surface area contributed by atoms with E-state index in [4.69, 9.17) is 9.84 Å². The van der Waals surface area contributed by atoms with Crippen LogP contribution in [0.1, 0.15) is 69.9 Å². The number of fused-ring (bicyclic) bond motifs is 3. The molecule has 3 N–H and O–H groups in total. The molecule has 1 unspecified atom stereocenters. The number of benzene rings is 2. The van der Waals surface area contributed by atoms with Crippen molar-refractivity contribution in [3.63, 3.8) is 0 Å². The van der Waals surface area contributed by atoms with Crippen LogP contribution in [0.2, 0.25) is 0 Å². The number of hydrogen-bond donors (Lipinski definition) is 3. The van der Waals surface area contributed by atoms with Crippen LogP contribution in [-0.4, -0.2) is 41.8 Å². The molecule has 2 aromatic carbocycles. The Morgan fingerprint density at radius 1 is 1.00 bits per heavy atom. The van der Waals surface area contributed by atoms with Crippen LogP contribution in [0.15, 0.2) is 48.5 Å². The van der Waals surface area contributed by atoms with Crippen LogP contribution in [0.4, 0.5) is 4.79 Å². The molecule has 2 amide bonds. The molecule has 0 saturated heterocycles. The van der Waals surface area contributed by atoms with Gasteiger partial charge in [-0.25, -0.2) is 4.79 Å². The summed E-state index contributed by atoms with van der Waals surface area (Å²) in [6.07, 6.45) is 2.07. The quantitative estimate of drug-likeness (QED) is 0.392. The standard InChI is InChI=1S/C28H36N2O5/c1-4-19(13-14-25(31)30-28(2,3)17-26(32)33)15-16-29-27(34)35-18-24-22-11-7-5-9-20(22)21-10-6-8-12-23(21)24/h5-12,19,24H,4,13-18H2,1-3H3,(H,29,34)(H,30,31)(H,32,33). The minimum Gasteiger partial charge on any atom is -0.481 e. The molecule has 1 aliphatic carbocycles. The molecular weight excluding hydrogens is 444 g/mol. The first-order valence-corrected chi connectivity index (χ1v) is 12.3. The summed E-state index contributed by atoms with van der Waals surface area (Å²) in [5.74, 6) is -0.794. The van der Waals surface area contributed by atoms with E-state index in [1.807, 2.05) is 24.3 Å². The fourth-order valence-electron chi connectivity index (χ4n) is 4.78. The second-order valence-corrected chi connectivity index (χ2v) is 9.86. The maximum absolute atomic E-state index is 12.4. The van der Waals surface area contributed by atoms with E-state index in [1.165, 1.54) is 22.3 Å². The van der Waals surface area contributed by atoms with Crippen molar-refractivity contribution < 1.29 is 24.2 Å². The smallest absolute Gasteiger partial charge is 0.407 e. The molecule has 0 radical (unpaired) electrons. The molecule has 0 spiro atoms. The Kier molecular flexibility index (Phi) is 8.90. The highest BCUT2D eigenvalue weighted by Crippen LogP contribution is 2.44. The van der Waals surface area contributed by atoms with Crippen LogP contribution in [0.25, 0.3) is 11.1 Å². The molecular formula is C28H36N2O5. The summed E-state index contributed by atoms with van der Waals surface area (Å²) in [6, 6.07) is 16.5. The van der Waals surface area contributed by atoms with E-state index in [0.717, 1.165) is 12.8 Å². The van der Waals surface area contributed by atoms with E-state index in [0.29, 0.717) is 19.4 Å². The minimum absolute atomic E-state index is 0.0282. The van der Waals surface area contributed by atoms with Gasteiger partial charge in [0.15, 0.2) is 0 Å². The Bertz CT molecular complexity index is 1000. The third kappa shape index (κ3) is 7.31. The van der Waals surface area contributed by atoms with Gasteiger partial charge in [-0.15, -0.1) is 0 Å². The molecule has 3 rings (SSSR count). The zero-order valence-electron chi connectivity index (χ0n) is 20.8. The van der Waals surface area contributed by atoms with Gasteiger partial charge in [0.25, 0.3) is 0 Å². The van der Waals surface area contributed by atoms with Crippen LogP contribution >= 0.6 is 0 Å². The number of amides is 2. The number of aliphatic carboxylic acids is 1. The van der Waals surface area contributed by atoms with E-state index in [1.54, 1.807) is 13.8 Å². The second kappa shape index (κ2) is 11.9. The number of rotatable bonds is 12. The van der Waals surface area contributed by atoms with Gasteiger partial charge >= 0.3 is 12.1 Å². The predicted octanol–water partition coefficient (Wildman–Crippen LogP) is 5.09. The molecule has 0 saturated carbocycles. The summed E-state index contributed by atoms with van der Waals surface area (Å²) in [7, 11) is 0. The lowest BCUT2D eigenvalue weighted by Crippen LogP contribution is -2.45. The molecule has 0 bridgehead atoms. The monoisotopic (exact) mass is 480 g/mol. The van der Waals surface area contributed by atoms with Crippen molar-refractivity contribution in [2.45, 2.75) is 64.3 Å². The summed E-state index contributed by atoms with van der Waals surface area (Å²) in [4.78, 5) is 35.5. The molecule has 188 valence electrons. The van der Waals surface area contributed by atoms with Gasteiger partial charge in [-0.3, -0.25) is 9.59 Å². The van der Waals surface area contributed by atoms with Gasteiger partial charge in [-0.05, 0) is 54.9 Å². The Morgan fingerprint density at radius 2 is 1.60 bits per heavy atom. The summed E-state index contributed by atoms with van der Waals surface area (Å²) in [5, 5.41) is 14.6. The van der Waals surface area contributed by atoms with E-state index < -0.39 is 17.6 Å². The number of carboxylic acids is 1. The van der Waals surface area contributed by atoms with Crippen LogP contribution < -0.4 is 10.6 Å². The van der Waals surface area contributed by atoms with Crippen molar-refractivity contribution >= 4 is 18.0 Å². The van der Waals surface area contributed by atoms with Gasteiger partial charge in [0, 0.05) is 24.4 Å². The lowest BCUT2D eigenvalue weighted by molar-refractivity contribution is -0.138. The van der Waals surface area contributed by atoms with E-state index in [-0.39, 0.29) is 30.8 Å². The van der Waals surface area contributed by atoms with Crippen molar-refractivity contribution in [1.82, 2.24) is 10.6 Å². The maximum atomic E-state index is 12.4.